The van der Waals surface area contributed by atoms with Crippen LogP contribution in [-0.2, 0) is 18.3 Å². The first kappa shape index (κ1) is 19.6. The van der Waals surface area contributed by atoms with Crippen molar-refractivity contribution in [3.05, 3.63) is 82.3 Å². The highest BCUT2D eigenvalue weighted by atomic mass is 16.5. The number of morpholine rings is 1. The molecule has 0 saturated carbocycles. The lowest BCUT2D eigenvalue weighted by molar-refractivity contribution is 0.122. The predicted octanol–water partition coefficient (Wildman–Crippen LogP) is 3.60. The maximum atomic E-state index is 12.2. The summed E-state index contributed by atoms with van der Waals surface area (Å²) in [4.78, 5) is 19.6. The molecular formula is C25H26N4O2. The van der Waals surface area contributed by atoms with Gasteiger partial charge in [0.25, 0.3) is 5.56 Å². The second kappa shape index (κ2) is 8.04. The highest BCUT2D eigenvalue weighted by molar-refractivity contribution is 5.84. The molecule has 6 nitrogen and oxygen atoms in total. The Kier molecular flexibility index (Phi) is 5.08. The van der Waals surface area contributed by atoms with E-state index in [9.17, 15) is 4.79 Å². The fourth-order valence-corrected chi connectivity index (χ4v) is 4.28. The van der Waals surface area contributed by atoms with Gasteiger partial charge in [0.2, 0.25) is 0 Å². The zero-order valence-corrected chi connectivity index (χ0v) is 17.9. The molecule has 0 aliphatic carbocycles. The standard InChI is InChI=1S/C25H26N4O2/c1-18-14-20(17-27(2)25(18)30)24-26-22-9-8-21(28-10-12-31-13-11-28)15-23(22)29(24)16-19-6-4-3-5-7-19/h3-9,14-15,17H,10-13,16H2,1-2H3. The molecule has 2 aromatic carbocycles. The Bertz CT molecular complexity index is 1260. The van der Waals surface area contributed by atoms with Gasteiger partial charge in [-0.2, -0.15) is 0 Å². The molecule has 158 valence electrons. The van der Waals surface area contributed by atoms with Gasteiger partial charge in [-0.05, 0) is 36.8 Å². The van der Waals surface area contributed by atoms with Crippen LogP contribution >= 0.6 is 0 Å². The van der Waals surface area contributed by atoms with Crippen LogP contribution in [0, 0.1) is 6.92 Å². The van der Waals surface area contributed by atoms with Crippen LogP contribution in [0.15, 0.2) is 65.6 Å². The Morgan fingerprint density at radius 2 is 1.81 bits per heavy atom. The Morgan fingerprint density at radius 1 is 1.03 bits per heavy atom. The molecule has 31 heavy (non-hydrogen) atoms. The van der Waals surface area contributed by atoms with Crippen molar-refractivity contribution in [2.24, 2.45) is 7.05 Å². The minimum absolute atomic E-state index is 0.0177. The lowest BCUT2D eigenvalue weighted by atomic mass is 10.2. The summed E-state index contributed by atoms with van der Waals surface area (Å²) in [7, 11) is 1.79. The van der Waals surface area contributed by atoms with Gasteiger partial charge in [0, 0.05) is 49.7 Å². The SMILES string of the molecule is Cc1cc(-c2nc3ccc(N4CCOCC4)cc3n2Cc2ccccc2)cn(C)c1=O. The number of aryl methyl sites for hydroxylation is 2. The monoisotopic (exact) mass is 414 g/mol. The number of hydrogen-bond acceptors (Lipinski definition) is 4. The maximum absolute atomic E-state index is 12.2. The fraction of sp³-hybridized carbons (Fsp3) is 0.280. The van der Waals surface area contributed by atoms with Crippen LogP contribution < -0.4 is 10.5 Å². The van der Waals surface area contributed by atoms with E-state index in [0.717, 1.165) is 48.7 Å². The van der Waals surface area contributed by atoms with E-state index in [1.54, 1.807) is 11.6 Å². The number of nitrogens with zero attached hydrogens (tertiary/aromatic N) is 4. The van der Waals surface area contributed by atoms with Gasteiger partial charge in [-0.15, -0.1) is 0 Å². The molecule has 0 bridgehead atoms. The molecule has 0 spiro atoms. The molecule has 3 heterocycles. The number of benzene rings is 2. The number of ether oxygens (including phenoxy) is 1. The van der Waals surface area contributed by atoms with Crippen LogP contribution in [-0.4, -0.2) is 40.4 Å². The normalized spacial score (nSPS) is 14.3. The first-order valence-electron chi connectivity index (χ1n) is 10.6. The minimum atomic E-state index is 0.0177. The fourth-order valence-electron chi connectivity index (χ4n) is 4.28. The largest absolute Gasteiger partial charge is 0.378 e. The molecule has 0 amide bonds. The van der Waals surface area contributed by atoms with Gasteiger partial charge < -0.3 is 18.8 Å². The minimum Gasteiger partial charge on any atom is -0.378 e. The van der Waals surface area contributed by atoms with Crippen LogP contribution in [0.4, 0.5) is 5.69 Å². The smallest absolute Gasteiger partial charge is 0.253 e. The molecule has 6 heteroatoms. The van der Waals surface area contributed by atoms with Crippen LogP contribution in [0.5, 0.6) is 0 Å². The third-order valence-electron chi connectivity index (χ3n) is 5.91. The zero-order valence-electron chi connectivity index (χ0n) is 17.9. The summed E-state index contributed by atoms with van der Waals surface area (Å²) in [6.07, 6.45) is 1.88. The van der Waals surface area contributed by atoms with Gasteiger partial charge in [-0.3, -0.25) is 4.79 Å². The maximum Gasteiger partial charge on any atom is 0.253 e. The number of pyridine rings is 1. The van der Waals surface area contributed by atoms with Crippen molar-refractivity contribution in [1.82, 2.24) is 14.1 Å². The van der Waals surface area contributed by atoms with Gasteiger partial charge in [-0.25, -0.2) is 4.98 Å². The Hall–Kier alpha value is -3.38. The molecule has 1 saturated heterocycles. The summed E-state index contributed by atoms with van der Waals surface area (Å²) in [5.41, 5.74) is 6.12. The van der Waals surface area contributed by atoms with Crippen molar-refractivity contribution in [2.75, 3.05) is 31.2 Å². The molecule has 4 aromatic rings. The number of anilines is 1. The molecule has 0 atom stereocenters. The highest BCUT2D eigenvalue weighted by Gasteiger charge is 2.18. The summed E-state index contributed by atoms with van der Waals surface area (Å²) >= 11 is 0. The average Bonchev–Trinajstić information content (AvgIpc) is 3.16. The van der Waals surface area contributed by atoms with Crippen molar-refractivity contribution >= 4 is 16.7 Å². The molecular weight excluding hydrogens is 388 g/mol. The third kappa shape index (κ3) is 3.75. The number of rotatable bonds is 4. The second-order valence-corrected chi connectivity index (χ2v) is 8.11. The summed E-state index contributed by atoms with van der Waals surface area (Å²) in [5, 5.41) is 0. The van der Waals surface area contributed by atoms with E-state index in [0.29, 0.717) is 12.1 Å². The Balaban J connectivity index is 1.68. The Labute approximate surface area is 181 Å². The number of aromatic nitrogens is 3. The van der Waals surface area contributed by atoms with E-state index in [-0.39, 0.29) is 5.56 Å². The van der Waals surface area contributed by atoms with Gasteiger partial charge in [-0.1, -0.05) is 30.3 Å². The van der Waals surface area contributed by atoms with Gasteiger partial charge in [0.05, 0.1) is 24.2 Å². The number of imidazole rings is 1. The van der Waals surface area contributed by atoms with Gasteiger partial charge >= 0.3 is 0 Å². The van der Waals surface area contributed by atoms with E-state index < -0.39 is 0 Å². The first-order valence-corrected chi connectivity index (χ1v) is 10.6. The topological polar surface area (TPSA) is 52.3 Å². The van der Waals surface area contributed by atoms with Crippen LogP contribution in [0.3, 0.4) is 0 Å². The van der Waals surface area contributed by atoms with Crippen LogP contribution in [0.2, 0.25) is 0 Å². The van der Waals surface area contributed by atoms with E-state index in [2.05, 4.69) is 51.9 Å². The quantitative estimate of drug-likeness (QED) is 0.512. The third-order valence-corrected chi connectivity index (χ3v) is 5.91. The van der Waals surface area contributed by atoms with E-state index in [1.165, 1.54) is 11.3 Å². The zero-order chi connectivity index (χ0) is 21.4. The molecule has 2 aromatic heterocycles. The molecule has 0 unspecified atom stereocenters. The number of hydrogen-bond donors (Lipinski definition) is 0. The summed E-state index contributed by atoms with van der Waals surface area (Å²) < 4.78 is 9.41. The van der Waals surface area contributed by atoms with Crippen molar-refractivity contribution in [2.45, 2.75) is 13.5 Å². The molecule has 1 fully saturated rings. The van der Waals surface area contributed by atoms with Gasteiger partial charge in [0.15, 0.2) is 0 Å². The van der Waals surface area contributed by atoms with Crippen LogP contribution in [0.25, 0.3) is 22.4 Å². The summed E-state index contributed by atoms with van der Waals surface area (Å²) in [6.45, 7) is 5.86. The summed E-state index contributed by atoms with van der Waals surface area (Å²) in [5.74, 6) is 0.872. The average molecular weight is 415 g/mol. The molecule has 0 N–H and O–H groups in total. The first-order chi connectivity index (χ1) is 15.1. The molecule has 1 aliphatic rings. The van der Waals surface area contributed by atoms with Crippen LogP contribution in [0.1, 0.15) is 11.1 Å². The summed E-state index contributed by atoms with van der Waals surface area (Å²) in [6, 6.07) is 18.8. The van der Waals surface area contributed by atoms with Crippen molar-refractivity contribution in [3.8, 4) is 11.4 Å². The van der Waals surface area contributed by atoms with Crippen molar-refractivity contribution in [1.29, 1.82) is 0 Å². The van der Waals surface area contributed by atoms with Gasteiger partial charge in [0.1, 0.15) is 5.82 Å². The lowest BCUT2D eigenvalue weighted by Crippen LogP contribution is -2.36. The van der Waals surface area contributed by atoms with Crippen molar-refractivity contribution in [3.63, 3.8) is 0 Å². The highest BCUT2D eigenvalue weighted by Crippen LogP contribution is 2.29. The predicted molar refractivity (Wildman–Crippen MR) is 124 cm³/mol. The Morgan fingerprint density at radius 3 is 2.55 bits per heavy atom. The van der Waals surface area contributed by atoms with Crippen molar-refractivity contribution < 1.29 is 4.74 Å². The second-order valence-electron chi connectivity index (χ2n) is 8.11. The molecule has 0 radical (unpaired) electrons. The van der Waals surface area contributed by atoms with E-state index in [4.69, 9.17) is 9.72 Å². The van der Waals surface area contributed by atoms with E-state index >= 15 is 0 Å². The molecule has 5 rings (SSSR count). The molecule has 1 aliphatic heterocycles. The lowest BCUT2D eigenvalue weighted by Gasteiger charge is -2.28. The number of fused-ring (bicyclic) bond motifs is 1. The van der Waals surface area contributed by atoms with E-state index in [1.807, 2.05) is 25.3 Å².